The number of esters is 1. The van der Waals surface area contributed by atoms with Crippen LogP contribution in [0.2, 0.25) is 0 Å². The van der Waals surface area contributed by atoms with Gasteiger partial charge in [-0.15, -0.1) is 0 Å². The first-order chi connectivity index (χ1) is 8.04. The normalized spacial score (nSPS) is 11.9. The van der Waals surface area contributed by atoms with Gasteiger partial charge in [0.15, 0.2) is 0 Å². The third-order valence-corrected chi connectivity index (χ3v) is 2.00. The van der Waals surface area contributed by atoms with Gasteiger partial charge < -0.3 is 20.3 Å². The zero-order valence-electron chi connectivity index (χ0n) is 9.97. The average molecular weight is 239 g/mol. The maximum absolute atomic E-state index is 11.5. The molecule has 5 heteroatoms. The molecule has 1 atom stereocenters. The molecule has 1 aromatic rings. The predicted octanol–water partition coefficient (Wildman–Crippen LogP) is 1.21. The maximum Gasteiger partial charge on any atom is 0.338 e. The van der Waals surface area contributed by atoms with Crippen LogP contribution < -0.4 is 10.5 Å². The zero-order chi connectivity index (χ0) is 12.8. The van der Waals surface area contributed by atoms with Gasteiger partial charge in [-0.25, -0.2) is 4.79 Å². The molecule has 0 fully saturated rings. The van der Waals surface area contributed by atoms with Crippen LogP contribution in [0, 0.1) is 0 Å². The summed E-state index contributed by atoms with van der Waals surface area (Å²) in [5.41, 5.74) is 6.45. The zero-order valence-corrected chi connectivity index (χ0v) is 9.97. The first kappa shape index (κ1) is 13.3. The Hall–Kier alpha value is -1.75. The molecule has 0 aliphatic rings. The minimum atomic E-state index is -0.681. The SMILES string of the molecule is CCOc1ccc(C(=O)OCC(C)O)cc1N. The Labute approximate surface area is 100 Å². The Morgan fingerprint density at radius 1 is 1.53 bits per heavy atom. The van der Waals surface area contributed by atoms with Gasteiger partial charge >= 0.3 is 5.97 Å². The smallest absolute Gasteiger partial charge is 0.338 e. The molecule has 17 heavy (non-hydrogen) atoms. The number of nitrogen functional groups attached to an aromatic ring is 1. The van der Waals surface area contributed by atoms with Gasteiger partial charge in [0, 0.05) is 0 Å². The number of aliphatic hydroxyl groups excluding tert-OH is 1. The molecule has 5 nitrogen and oxygen atoms in total. The van der Waals surface area contributed by atoms with Crippen LogP contribution in [0.15, 0.2) is 18.2 Å². The molecule has 0 aliphatic carbocycles. The van der Waals surface area contributed by atoms with E-state index in [1.165, 1.54) is 6.07 Å². The van der Waals surface area contributed by atoms with Crippen molar-refractivity contribution in [2.75, 3.05) is 18.9 Å². The van der Waals surface area contributed by atoms with Crippen molar-refractivity contribution in [1.82, 2.24) is 0 Å². The first-order valence-corrected chi connectivity index (χ1v) is 5.42. The van der Waals surface area contributed by atoms with Gasteiger partial charge in [-0.3, -0.25) is 0 Å². The van der Waals surface area contributed by atoms with E-state index in [1.807, 2.05) is 6.92 Å². The van der Waals surface area contributed by atoms with Gasteiger partial charge in [-0.1, -0.05) is 0 Å². The molecule has 0 radical (unpaired) electrons. The summed E-state index contributed by atoms with van der Waals surface area (Å²) in [5.74, 6) is 0.0280. The summed E-state index contributed by atoms with van der Waals surface area (Å²) in [5, 5.41) is 8.99. The van der Waals surface area contributed by atoms with Crippen molar-refractivity contribution in [2.24, 2.45) is 0 Å². The van der Waals surface area contributed by atoms with Crippen molar-refractivity contribution in [2.45, 2.75) is 20.0 Å². The fraction of sp³-hybridized carbons (Fsp3) is 0.417. The maximum atomic E-state index is 11.5. The van der Waals surface area contributed by atoms with Gasteiger partial charge in [0.2, 0.25) is 0 Å². The Balaban J connectivity index is 2.72. The van der Waals surface area contributed by atoms with E-state index in [1.54, 1.807) is 19.1 Å². The van der Waals surface area contributed by atoms with Gasteiger partial charge in [0.1, 0.15) is 12.4 Å². The quantitative estimate of drug-likeness (QED) is 0.596. The third-order valence-electron chi connectivity index (χ3n) is 2.00. The minimum Gasteiger partial charge on any atom is -0.492 e. The number of carbonyl (C=O) groups is 1. The highest BCUT2D eigenvalue weighted by molar-refractivity contribution is 5.91. The van der Waals surface area contributed by atoms with Crippen molar-refractivity contribution in [3.05, 3.63) is 23.8 Å². The van der Waals surface area contributed by atoms with E-state index in [4.69, 9.17) is 20.3 Å². The fourth-order valence-electron chi connectivity index (χ4n) is 1.24. The van der Waals surface area contributed by atoms with E-state index in [0.29, 0.717) is 23.6 Å². The van der Waals surface area contributed by atoms with Crippen LogP contribution in [0.1, 0.15) is 24.2 Å². The predicted molar refractivity (Wildman–Crippen MR) is 64.0 cm³/mol. The Morgan fingerprint density at radius 3 is 2.76 bits per heavy atom. The van der Waals surface area contributed by atoms with Gasteiger partial charge in [0.05, 0.1) is 24.0 Å². The summed E-state index contributed by atoms with van der Waals surface area (Å²) in [6, 6.07) is 4.69. The molecular formula is C12H17NO4. The molecule has 0 amide bonds. The lowest BCUT2D eigenvalue weighted by Crippen LogP contribution is -2.15. The second-order valence-corrected chi connectivity index (χ2v) is 3.63. The van der Waals surface area contributed by atoms with Crippen molar-refractivity contribution in [3.8, 4) is 5.75 Å². The number of ether oxygens (including phenoxy) is 2. The highest BCUT2D eigenvalue weighted by atomic mass is 16.5. The van der Waals surface area contributed by atoms with Crippen LogP contribution in [0.4, 0.5) is 5.69 Å². The number of anilines is 1. The number of nitrogens with two attached hydrogens (primary N) is 1. The van der Waals surface area contributed by atoms with Gasteiger partial charge in [0.25, 0.3) is 0 Å². The number of benzene rings is 1. The summed E-state index contributed by atoms with van der Waals surface area (Å²) < 4.78 is 10.1. The summed E-state index contributed by atoms with van der Waals surface area (Å²) in [6.07, 6.45) is -0.681. The second kappa shape index (κ2) is 6.10. The number of carbonyl (C=O) groups excluding carboxylic acids is 1. The van der Waals surface area contributed by atoms with E-state index in [9.17, 15) is 4.79 Å². The lowest BCUT2D eigenvalue weighted by molar-refractivity contribution is 0.0296. The van der Waals surface area contributed by atoms with Crippen LogP contribution >= 0.6 is 0 Å². The minimum absolute atomic E-state index is 0.0358. The number of hydrogen-bond donors (Lipinski definition) is 2. The van der Waals surface area contributed by atoms with Gasteiger partial charge in [-0.05, 0) is 32.0 Å². The lowest BCUT2D eigenvalue weighted by atomic mass is 10.2. The Morgan fingerprint density at radius 2 is 2.24 bits per heavy atom. The van der Waals surface area contributed by atoms with Crippen molar-refractivity contribution < 1.29 is 19.4 Å². The van der Waals surface area contributed by atoms with Crippen LogP contribution in [0.5, 0.6) is 5.75 Å². The van der Waals surface area contributed by atoms with Crippen LogP contribution in [-0.2, 0) is 4.74 Å². The van der Waals surface area contributed by atoms with E-state index < -0.39 is 12.1 Å². The van der Waals surface area contributed by atoms with Crippen LogP contribution in [0.25, 0.3) is 0 Å². The molecule has 0 bridgehead atoms. The highest BCUT2D eigenvalue weighted by Gasteiger charge is 2.10. The second-order valence-electron chi connectivity index (χ2n) is 3.63. The van der Waals surface area contributed by atoms with Gasteiger partial charge in [-0.2, -0.15) is 0 Å². The first-order valence-electron chi connectivity index (χ1n) is 5.42. The molecule has 0 spiro atoms. The van der Waals surface area contributed by atoms with Crippen molar-refractivity contribution in [1.29, 1.82) is 0 Å². The lowest BCUT2D eigenvalue weighted by Gasteiger charge is -2.09. The Kier molecular flexibility index (Phi) is 4.78. The van der Waals surface area contributed by atoms with E-state index in [2.05, 4.69) is 0 Å². The highest BCUT2D eigenvalue weighted by Crippen LogP contribution is 2.22. The molecule has 0 aromatic heterocycles. The van der Waals surface area contributed by atoms with E-state index >= 15 is 0 Å². The summed E-state index contributed by atoms with van der Waals surface area (Å²) in [6.45, 7) is 3.87. The number of hydrogen-bond acceptors (Lipinski definition) is 5. The van der Waals surface area contributed by atoms with Crippen molar-refractivity contribution >= 4 is 11.7 Å². The monoisotopic (exact) mass is 239 g/mol. The molecule has 0 aliphatic heterocycles. The molecule has 1 rings (SSSR count). The largest absolute Gasteiger partial charge is 0.492 e. The topological polar surface area (TPSA) is 81.8 Å². The summed E-state index contributed by atoms with van der Waals surface area (Å²) >= 11 is 0. The number of rotatable bonds is 5. The summed E-state index contributed by atoms with van der Waals surface area (Å²) in [7, 11) is 0. The number of aliphatic hydroxyl groups is 1. The Bertz CT molecular complexity index is 390. The molecule has 1 aromatic carbocycles. The third kappa shape index (κ3) is 3.96. The van der Waals surface area contributed by atoms with E-state index in [0.717, 1.165) is 0 Å². The average Bonchev–Trinajstić information content (AvgIpc) is 2.28. The summed E-state index contributed by atoms with van der Waals surface area (Å²) in [4.78, 5) is 11.5. The molecule has 1 unspecified atom stereocenters. The van der Waals surface area contributed by atoms with Crippen LogP contribution in [-0.4, -0.2) is 30.4 Å². The molecule has 0 heterocycles. The van der Waals surface area contributed by atoms with Crippen LogP contribution in [0.3, 0.4) is 0 Å². The fourth-order valence-corrected chi connectivity index (χ4v) is 1.24. The molecule has 0 saturated heterocycles. The van der Waals surface area contributed by atoms with Crippen molar-refractivity contribution in [3.63, 3.8) is 0 Å². The molecular weight excluding hydrogens is 222 g/mol. The molecule has 0 saturated carbocycles. The standard InChI is InChI=1S/C12H17NO4/c1-3-16-11-5-4-9(6-10(11)13)12(15)17-7-8(2)14/h4-6,8,14H,3,7,13H2,1-2H3. The van der Waals surface area contributed by atoms with E-state index in [-0.39, 0.29) is 6.61 Å². The molecule has 94 valence electrons. The molecule has 3 N–H and O–H groups in total.